The van der Waals surface area contributed by atoms with Gasteiger partial charge in [0.05, 0.1) is 15.9 Å². The highest BCUT2D eigenvalue weighted by Gasteiger charge is 2.13. The van der Waals surface area contributed by atoms with Gasteiger partial charge in [-0.15, -0.1) is 0 Å². The van der Waals surface area contributed by atoms with Gasteiger partial charge in [0.25, 0.3) is 0 Å². The van der Waals surface area contributed by atoms with E-state index in [0.29, 0.717) is 21.6 Å². The molecule has 0 amide bonds. The van der Waals surface area contributed by atoms with Gasteiger partial charge >= 0.3 is 0 Å². The van der Waals surface area contributed by atoms with Crippen molar-refractivity contribution < 1.29 is 0 Å². The Kier molecular flexibility index (Phi) is 2.77. The first-order chi connectivity index (χ1) is 10.1. The van der Waals surface area contributed by atoms with Gasteiger partial charge in [-0.2, -0.15) is 0 Å². The van der Waals surface area contributed by atoms with Crippen LogP contribution in [0.2, 0.25) is 5.02 Å². The van der Waals surface area contributed by atoms with Gasteiger partial charge in [0, 0.05) is 16.1 Å². The lowest BCUT2D eigenvalue weighted by Crippen LogP contribution is -2.01. The van der Waals surface area contributed by atoms with E-state index < -0.39 is 0 Å². The Bertz CT molecular complexity index is 1090. The Morgan fingerprint density at radius 3 is 2.86 bits per heavy atom. The molecule has 21 heavy (non-hydrogen) atoms. The van der Waals surface area contributed by atoms with E-state index in [-0.39, 0.29) is 5.43 Å². The fourth-order valence-corrected chi connectivity index (χ4v) is 3.35. The van der Waals surface area contributed by atoms with E-state index >= 15 is 0 Å². The monoisotopic (exact) mass is 358 g/mol. The number of hydrogen-bond acceptors (Lipinski definition) is 2. The summed E-state index contributed by atoms with van der Waals surface area (Å²) in [7, 11) is 0. The van der Waals surface area contributed by atoms with Crippen molar-refractivity contribution in [1.29, 1.82) is 0 Å². The van der Waals surface area contributed by atoms with Crippen LogP contribution in [0.15, 0.2) is 51.9 Å². The normalized spacial score (nSPS) is 11.5. The number of nitrogens with zero attached hydrogens (tertiary/aromatic N) is 1. The van der Waals surface area contributed by atoms with Crippen LogP contribution in [0.1, 0.15) is 0 Å². The number of aromatic amines is 1. The highest BCUT2D eigenvalue weighted by Crippen LogP contribution is 2.33. The molecule has 4 aromatic rings. The van der Waals surface area contributed by atoms with Gasteiger partial charge in [-0.3, -0.25) is 4.79 Å². The molecule has 102 valence electrons. The Labute approximate surface area is 132 Å². The molecule has 0 unspecified atom stereocenters. The molecule has 0 aliphatic heterocycles. The van der Waals surface area contributed by atoms with Crippen molar-refractivity contribution in [2.45, 2.75) is 0 Å². The second kappa shape index (κ2) is 4.55. The molecular weight excluding hydrogens is 352 g/mol. The average Bonchev–Trinajstić information content (AvgIpc) is 2.46. The van der Waals surface area contributed by atoms with Crippen LogP contribution in [0.5, 0.6) is 0 Å². The van der Waals surface area contributed by atoms with Crippen LogP contribution in [0.3, 0.4) is 0 Å². The van der Waals surface area contributed by atoms with E-state index in [2.05, 4.69) is 25.9 Å². The summed E-state index contributed by atoms with van der Waals surface area (Å²) in [4.78, 5) is 19.8. The summed E-state index contributed by atoms with van der Waals surface area (Å²) < 4.78 is 0.953. The molecule has 0 saturated heterocycles. The number of nitrogens with one attached hydrogen (secondary N) is 1. The van der Waals surface area contributed by atoms with E-state index in [1.807, 2.05) is 24.4 Å². The van der Waals surface area contributed by atoms with E-state index in [1.54, 1.807) is 12.1 Å². The van der Waals surface area contributed by atoms with Gasteiger partial charge in [-0.25, -0.2) is 4.98 Å². The molecule has 2 aromatic carbocycles. The highest BCUT2D eigenvalue weighted by atomic mass is 79.9. The van der Waals surface area contributed by atoms with Crippen molar-refractivity contribution in [2.75, 3.05) is 0 Å². The minimum atomic E-state index is -0.112. The Morgan fingerprint density at radius 2 is 2.00 bits per heavy atom. The van der Waals surface area contributed by atoms with Crippen molar-refractivity contribution in [1.82, 2.24) is 9.97 Å². The lowest BCUT2D eigenvalue weighted by molar-refractivity contribution is 1.34. The number of pyridine rings is 2. The summed E-state index contributed by atoms with van der Waals surface area (Å²) in [6, 6.07) is 10.9. The van der Waals surface area contributed by atoms with Gasteiger partial charge in [-0.05, 0) is 35.0 Å². The third-order valence-corrected chi connectivity index (χ3v) is 4.43. The molecule has 0 saturated carbocycles. The lowest BCUT2D eigenvalue weighted by Gasteiger charge is -2.08. The molecule has 0 bridgehead atoms. The van der Waals surface area contributed by atoms with Crippen molar-refractivity contribution in [3.05, 3.63) is 62.3 Å². The van der Waals surface area contributed by atoms with E-state index in [9.17, 15) is 4.79 Å². The molecular formula is C16H8BrClN2O. The summed E-state index contributed by atoms with van der Waals surface area (Å²) in [5.41, 5.74) is 1.16. The number of H-pyrrole nitrogens is 1. The minimum Gasteiger partial charge on any atom is -0.345 e. The SMILES string of the molecule is O=c1cccc2nc3[nH]cc4ccc(Br)cc4c3c(Cl)c12. The first-order valence-electron chi connectivity index (χ1n) is 6.34. The fraction of sp³-hybridized carbons (Fsp3) is 0. The van der Waals surface area contributed by atoms with Gasteiger partial charge in [0.2, 0.25) is 0 Å². The van der Waals surface area contributed by atoms with Crippen LogP contribution in [0.25, 0.3) is 32.7 Å². The first-order valence-corrected chi connectivity index (χ1v) is 7.51. The number of rotatable bonds is 0. The quantitative estimate of drug-likeness (QED) is 0.367. The summed E-state index contributed by atoms with van der Waals surface area (Å²) in [6.45, 7) is 0. The fourth-order valence-electron chi connectivity index (χ4n) is 2.61. The molecule has 0 aliphatic rings. The number of hydrogen-bond donors (Lipinski definition) is 1. The Hall–Kier alpha value is -1.91. The van der Waals surface area contributed by atoms with E-state index in [4.69, 9.17) is 11.6 Å². The van der Waals surface area contributed by atoms with Gasteiger partial charge in [-0.1, -0.05) is 39.7 Å². The van der Waals surface area contributed by atoms with Gasteiger partial charge in [0.15, 0.2) is 5.43 Å². The van der Waals surface area contributed by atoms with Crippen molar-refractivity contribution in [3.63, 3.8) is 0 Å². The van der Waals surface area contributed by atoms with Crippen molar-refractivity contribution in [2.24, 2.45) is 0 Å². The minimum absolute atomic E-state index is 0.112. The number of aromatic nitrogens is 2. The molecule has 0 atom stereocenters. The molecule has 0 radical (unpaired) electrons. The van der Waals surface area contributed by atoms with E-state index in [0.717, 1.165) is 20.6 Å². The van der Waals surface area contributed by atoms with Crippen LogP contribution in [0, 0.1) is 0 Å². The molecule has 5 heteroatoms. The lowest BCUT2D eigenvalue weighted by atomic mass is 10.1. The average molecular weight is 360 g/mol. The topological polar surface area (TPSA) is 45.8 Å². The van der Waals surface area contributed by atoms with Crippen LogP contribution in [-0.2, 0) is 0 Å². The predicted octanol–water partition coefficient (Wildman–Crippen LogP) is 4.65. The van der Waals surface area contributed by atoms with Crippen LogP contribution < -0.4 is 5.43 Å². The van der Waals surface area contributed by atoms with Gasteiger partial charge < -0.3 is 4.98 Å². The third-order valence-electron chi connectivity index (χ3n) is 3.56. The Morgan fingerprint density at radius 1 is 1.14 bits per heavy atom. The standard InChI is InChI=1S/C16H8BrClN2O/c17-9-5-4-8-7-19-16-13(10(8)6-9)15(18)14-11(20-16)2-1-3-12(14)21/h1-7H,(H,19,20). The molecule has 1 N–H and O–H groups in total. The second-order valence-corrected chi connectivity index (χ2v) is 6.11. The zero-order chi connectivity index (χ0) is 14.6. The maximum atomic E-state index is 12.1. The predicted molar refractivity (Wildman–Crippen MR) is 90.1 cm³/mol. The molecule has 3 nitrogen and oxygen atoms in total. The first kappa shape index (κ1) is 12.8. The Balaban J connectivity index is 2.36. The largest absolute Gasteiger partial charge is 0.345 e. The number of benzene rings is 2. The summed E-state index contributed by atoms with van der Waals surface area (Å²) in [6.07, 6.45) is 1.89. The van der Waals surface area contributed by atoms with E-state index in [1.165, 1.54) is 6.07 Å². The molecule has 4 rings (SSSR count). The summed E-state index contributed by atoms with van der Waals surface area (Å²) in [5, 5.41) is 3.65. The number of fused-ring (bicyclic) bond motifs is 4. The summed E-state index contributed by atoms with van der Waals surface area (Å²) in [5.74, 6) is 0. The van der Waals surface area contributed by atoms with Crippen molar-refractivity contribution in [3.8, 4) is 0 Å². The molecule has 2 heterocycles. The zero-order valence-corrected chi connectivity index (χ0v) is 13.0. The number of halogens is 2. The maximum Gasteiger partial charge on any atom is 0.189 e. The van der Waals surface area contributed by atoms with Crippen LogP contribution in [-0.4, -0.2) is 9.97 Å². The van der Waals surface area contributed by atoms with Crippen LogP contribution >= 0.6 is 27.5 Å². The molecule has 0 fully saturated rings. The molecule has 0 spiro atoms. The maximum absolute atomic E-state index is 12.1. The molecule has 2 aromatic heterocycles. The molecule has 0 aliphatic carbocycles. The smallest absolute Gasteiger partial charge is 0.189 e. The van der Waals surface area contributed by atoms with Crippen LogP contribution in [0.4, 0.5) is 0 Å². The summed E-state index contributed by atoms with van der Waals surface area (Å²) >= 11 is 10.0. The third kappa shape index (κ3) is 1.87. The van der Waals surface area contributed by atoms with Crippen molar-refractivity contribution >= 4 is 60.2 Å². The van der Waals surface area contributed by atoms with Gasteiger partial charge in [0.1, 0.15) is 5.65 Å². The second-order valence-electron chi connectivity index (χ2n) is 4.82. The zero-order valence-electron chi connectivity index (χ0n) is 10.7. The highest BCUT2D eigenvalue weighted by molar-refractivity contribution is 9.10.